The first-order valence-electron chi connectivity index (χ1n) is 7.35. The van der Waals surface area contributed by atoms with E-state index in [1.165, 1.54) is 28.3 Å². The minimum absolute atomic E-state index is 0.963. The maximum Gasteiger partial charge on any atom is 0.0522 e. The summed E-state index contributed by atoms with van der Waals surface area (Å²) < 4.78 is 0. The zero-order chi connectivity index (χ0) is 14.2. The number of hydrogen-bond donors (Lipinski definition) is 1. The molecule has 1 N–H and O–H groups in total. The van der Waals surface area contributed by atoms with Gasteiger partial charge in [-0.2, -0.15) is 0 Å². The van der Waals surface area contributed by atoms with Gasteiger partial charge in [0.15, 0.2) is 0 Å². The Hall–Kier alpha value is -1.32. The average molecular weight is 288 g/mol. The molecule has 0 amide bonds. The minimum atomic E-state index is 0.963. The molecule has 1 aromatic carbocycles. The summed E-state index contributed by atoms with van der Waals surface area (Å²) in [5.41, 5.74) is 1.32. The molecule has 1 heterocycles. The van der Waals surface area contributed by atoms with Crippen molar-refractivity contribution in [2.75, 3.05) is 18.5 Å². The molecule has 2 aromatic rings. The highest BCUT2D eigenvalue weighted by Gasteiger charge is 2.08. The second-order valence-corrected chi connectivity index (χ2v) is 6.26. The van der Waals surface area contributed by atoms with Crippen molar-refractivity contribution in [2.45, 2.75) is 32.9 Å². The Labute approximate surface area is 126 Å². The summed E-state index contributed by atoms with van der Waals surface area (Å²) in [5.74, 6) is 0. The van der Waals surface area contributed by atoms with Gasteiger partial charge in [-0.15, -0.1) is 11.3 Å². The number of rotatable bonds is 8. The molecular weight excluding hydrogens is 264 g/mol. The summed E-state index contributed by atoms with van der Waals surface area (Å²) in [6.45, 7) is 5.35. The second-order valence-electron chi connectivity index (χ2n) is 5.01. The summed E-state index contributed by atoms with van der Waals surface area (Å²) in [5, 5.41) is 3.21. The number of unbranched alkanes of at least 4 members (excludes halogenated alkanes) is 1. The van der Waals surface area contributed by atoms with E-state index in [1.54, 1.807) is 0 Å². The average Bonchev–Trinajstić information content (AvgIpc) is 2.92. The van der Waals surface area contributed by atoms with Gasteiger partial charge in [0.2, 0.25) is 0 Å². The van der Waals surface area contributed by atoms with Crippen molar-refractivity contribution < 1.29 is 0 Å². The van der Waals surface area contributed by atoms with Gasteiger partial charge in [-0.05, 0) is 37.7 Å². The Morgan fingerprint density at radius 1 is 1.05 bits per heavy atom. The lowest BCUT2D eigenvalue weighted by Gasteiger charge is -2.24. The molecule has 2 rings (SSSR count). The first kappa shape index (κ1) is 15.1. The molecule has 0 fully saturated rings. The number of anilines is 1. The van der Waals surface area contributed by atoms with Crippen molar-refractivity contribution in [3.8, 4) is 0 Å². The number of para-hydroxylation sites is 1. The van der Waals surface area contributed by atoms with E-state index in [0.29, 0.717) is 0 Å². The van der Waals surface area contributed by atoms with Crippen LogP contribution in [0.3, 0.4) is 0 Å². The molecule has 0 saturated carbocycles. The standard InChI is InChI=1S/C17H24N2S/c1-3-4-12-19(15-8-6-5-7-9-15)14-17-11-10-16(20-17)13-18-2/h5-11,18H,3-4,12-14H2,1-2H3. The van der Waals surface area contributed by atoms with Crippen LogP contribution in [-0.2, 0) is 13.1 Å². The second kappa shape index (κ2) is 8.08. The highest BCUT2D eigenvalue weighted by molar-refractivity contribution is 7.12. The van der Waals surface area contributed by atoms with Crippen LogP contribution in [0.15, 0.2) is 42.5 Å². The number of benzene rings is 1. The van der Waals surface area contributed by atoms with Gasteiger partial charge < -0.3 is 10.2 Å². The van der Waals surface area contributed by atoms with Crippen LogP contribution in [0.25, 0.3) is 0 Å². The summed E-state index contributed by atoms with van der Waals surface area (Å²) in [6, 6.07) is 15.2. The first-order valence-corrected chi connectivity index (χ1v) is 8.17. The van der Waals surface area contributed by atoms with Gasteiger partial charge in [0.05, 0.1) is 6.54 Å². The molecule has 3 heteroatoms. The predicted molar refractivity (Wildman–Crippen MR) is 89.5 cm³/mol. The van der Waals surface area contributed by atoms with Gasteiger partial charge in [-0.3, -0.25) is 0 Å². The van der Waals surface area contributed by atoms with Crippen LogP contribution in [0.1, 0.15) is 29.5 Å². The molecule has 1 aromatic heterocycles. The van der Waals surface area contributed by atoms with Crippen LogP contribution in [0.2, 0.25) is 0 Å². The van der Waals surface area contributed by atoms with Crippen molar-refractivity contribution in [1.29, 1.82) is 0 Å². The van der Waals surface area contributed by atoms with E-state index >= 15 is 0 Å². The lowest BCUT2D eigenvalue weighted by molar-refractivity contribution is 0.720. The molecule has 0 aliphatic carbocycles. The van der Waals surface area contributed by atoms with Crippen LogP contribution >= 0.6 is 11.3 Å². The van der Waals surface area contributed by atoms with Gasteiger partial charge in [-0.25, -0.2) is 0 Å². The van der Waals surface area contributed by atoms with Crippen molar-refractivity contribution in [3.63, 3.8) is 0 Å². The Bertz CT molecular complexity index is 493. The maximum absolute atomic E-state index is 3.21. The fraction of sp³-hybridized carbons (Fsp3) is 0.412. The zero-order valence-electron chi connectivity index (χ0n) is 12.4. The quantitative estimate of drug-likeness (QED) is 0.780. The maximum atomic E-state index is 3.21. The van der Waals surface area contributed by atoms with Crippen molar-refractivity contribution >= 4 is 17.0 Å². The summed E-state index contributed by atoms with van der Waals surface area (Å²) >= 11 is 1.91. The SMILES string of the molecule is CCCCN(Cc1ccc(CNC)s1)c1ccccc1. The van der Waals surface area contributed by atoms with Gasteiger partial charge in [-0.1, -0.05) is 31.5 Å². The third-order valence-electron chi connectivity index (χ3n) is 3.32. The van der Waals surface area contributed by atoms with Crippen LogP contribution in [0.4, 0.5) is 5.69 Å². The van der Waals surface area contributed by atoms with Crippen molar-refractivity contribution in [2.24, 2.45) is 0 Å². The molecule has 0 spiro atoms. The fourth-order valence-electron chi connectivity index (χ4n) is 2.25. The molecular formula is C17H24N2S. The van der Waals surface area contributed by atoms with Gasteiger partial charge in [0.1, 0.15) is 0 Å². The van der Waals surface area contributed by atoms with E-state index in [2.05, 4.69) is 59.6 Å². The van der Waals surface area contributed by atoms with Crippen molar-refractivity contribution in [3.05, 3.63) is 52.2 Å². The Kier molecular flexibility index (Phi) is 6.09. The fourth-order valence-corrected chi connectivity index (χ4v) is 3.30. The number of nitrogens with one attached hydrogen (secondary N) is 1. The van der Waals surface area contributed by atoms with Gasteiger partial charge in [0.25, 0.3) is 0 Å². The minimum Gasteiger partial charge on any atom is -0.366 e. The molecule has 0 aliphatic heterocycles. The molecule has 0 unspecified atom stereocenters. The number of hydrogen-bond acceptors (Lipinski definition) is 3. The smallest absolute Gasteiger partial charge is 0.0522 e. The molecule has 0 bridgehead atoms. The lowest BCUT2D eigenvalue weighted by atomic mass is 10.2. The van der Waals surface area contributed by atoms with E-state index in [-0.39, 0.29) is 0 Å². The van der Waals surface area contributed by atoms with Crippen LogP contribution in [-0.4, -0.2) is 13.6 Å². The molecule has 2 nitrogen and oxygen atoms in total. The van der Waals surface area contributed by atoms with Crippen LogP contribution in [0, 0.1) is 0 Å². The van der Waals surface area contributed by atoms with Gasteiger partial charge >= 0.3 is 0 Å². The van der Waals surface area contributed by atoms with Gasteiger partial charge in [0, 0.05) is 28.5 Å². The highest BCUT2D eigenvalue weighted by atomic mass is 32.1. The lowest BCUT2D eigenvalue weighted by Crippen LogP contribution is -2.23. The molecule has 108 valence electrons. The van der Waals surface area contributed by atoms with E-state index in [0.717, 1.165) is 19.6 Å². The summed E-state index contributed by atoms with van der Waals surface area (Å²) in [6.07, 6.45) is 2.47. The number of thiophene rings is 1. The van der Waals surface area contributed by atoms with Crippen LogP contribution < -0.4 is 10.2 Å². The summed E-state index contributed by atoms with van der Waals surface area (Å²) in [7, 11) is 2.00. The Morgan fingerprint density at radius 3 is 2.50 bits per heavy atom. The third-order valence-corrected chi connectivity index (χ3v) is 4.39. The normalized spacial score (nSPS) is 10.7. The Balaban J connectivity index is 2.06. The zero-order valence-corrected chi connectivity index (χ0v) is 13.2. The Morgan fingerprint density at radius 2 is 1.80 bits per heavy atom. The van der Waals surface area contributed by atoms with E-state index in [9.17, 15) is 0 Å². The molecule has 0 saturated heterocycles. The largest absolute Gasteiger partial charge is 0.366 e. The summed E-state index contributed by atoms with van der Waals surface area (Å²) in [4.78, 5) is 5.33. The third kappa shape index (κ3) is 4.36. The highest BCUT2D eigenvalue weighted by Crippen LogP contribution is 2.22. The predicted octanol–water partition coefficient (Wildman–Crippen LogP) is 4.27. The van der Waals surface area contributed by atoms with E-state index < -0.39 is 0 Å². The van der Waals surface area contributed by atoms with E-state index in [1.807, 2.05) is 18.4 Å². The first-order chi connectivity index (χ1) is 9.83. The molecule has 20 heavy (non-hydrogen) atoms. The van der Waals surface area contributed by atoms with E-state index in [4.69, 9.17) is 0 Å². The topological polar surface area (TPSA) is 15.3 Å². The monoisotopic (exact) mass is 288 g/mol. The van der Waals surface area contributed by atoms with Crippen molar-refractivity contribution in [1.82, 2.24) is 5.32 Å². The molecule has 0 radical (unpaired) electrons. The molecule has 0 atom stereocenters. The number of nitrogens with zero attached hydrogens (tertiary/aromatic N) is 1. The van der Waals surface area contributed by atoms with Crippen LogP contribution in [0.5, 0.6) is 0 Å². The molecule has 0 aliphatic rings.